The second-order valence-electron chi connectivity index (χ2n) is 6.64. The van der Waals surface area contributed by atoms with Gasteiger partial charge in [0.05, 0.1) is 6.54 Å². The molecule has 0 aromatic heterocycles. The predicted octanol–water partition coefficient (Wildman–Crippen LogP) is 1.26. The lowest BCUT2D eigenvalue weighted by atomic mass is 10.1. The number of nitrogens with one attached hydrogen (secondary N) is 3. The third-order valence-corrected chi connectivity index (χ3v) is 4.61. The molecule has 1 saturated heterocycles. The summed E-state index contributed by atoms with van der Waals surface area (Å²) in [5, 5.41) is 8.94. The molecule has 2 aromatic rings. The van der Waals surface area contributed by atoms with E-state index in [2.05, 4.69) is 20.9 Å². The Kier molecular flexibility index (Phi) is 6.78. The van der Waals surface area contributed by atoms with Crippen molar-refractivity contribution in [3.8, 4) is 0 Å². The molecule has 0 radical (unpaired) electrons. The molecule has 3 N–H and O–H groups in total. The van der Waals surface area contributed by atoms with E-state index in [0.717, 1.165) is 5.56 Å². The molecule has 0 spiro atoms. The van der Waals surface area contributed by atoms with Gasteiger partial charge >= 0.3 is 0 Å². The van der Waals surface area contributed by atoms with Crippen LogP contribution in [0, 0.1) is 5.82 Å². The van der Waals surface area contributed by atoms with Crippen molar-refractivity contribution in [1.82, 2.24) is 20.9 Å². The molecule has 7 nitrogen and oxygen atoms in total. The van der Waals surface area contributed by atoms with Crippen molar-refractivity contribution in [2.45, 2.75) is 13.1 Å². The Labute approximate surface area is 169 Å². The van der Waals surface area contributed by atoms with Gasteiger partial charge in [0.2, 0.25) is 5.91 Å². The number of carbonyl (C=O) groups excluding carboxylic acids is 2. The third kappa shape index (κ3) is 5.54. The molecular weight excluding hydrogens is 373 g/mol. The largest absolute Gasteiger partial charge is 0.353 e. The van der Waals surface area contributed by atoms with Crippen molar-refractivity contribution < 1.29 is 14.0 Å². The first-order chi connectivity index (χ1) is 14.1. The van der Waals surface area contributed by atoms with Gasteiger partial charge in [0.1, 0.15) is 5.82 Å². The van der Waals surface area contributed by atoms with Crippen LogP contribution >= 0.6 is 0 Å². The van der Waals surface area contributed by atoms with Crippen molar-refractivity contribution >= 4 is 17.8 Å². The molecular formula is C21H24FN5O2. The summed E-state index contributed by atoms with van der Waals surface area (Å²) in [7, 11) is 1.65. The van der Waals surface area contributed by atoms with Crippen LogP contribution in [0.5, 0.6) is 0 Å². The third-order valence-electron chi connectivity index (χ3n) is 4.61. The summed E-state index contributed by atoms with van der Waals surface area (Å²) in [5.74, 6) is -0.00367. The molecule has 1 aliphatic heterocycles. The van der Waals surface area contributed by atoms with Crippen LogP contribution in [-0.2, 0) is 17.9 Å². The minimum atomic E-state index is -0.262. The van der Waals surface area contributed by atoms with Crippen molar-refractivity contribution in [3.63, 3.8) is 0 Å². The van der Waals surface area contributed by atoms with Gasteiger partial charge in [-0.2, -0.15) is 0 Å². The Morgan fingerprint density at radius 3 is 2.55 bits per heavy atom. The standard InChI is InChI=1S/C21H24FN5O2/c1-23-21(26-13-17-4-2-3-5-18(17)22)25-12-15-6-8-16(9-7-15)20(29)27-11-10-24-19(28)14-27/h2-9H,10-14H2,1H3,(H,24,28)(H2,23,25,26). The number of carbonyl (C=O) groups is 2. The summed E-state index contributed by atoms with van der Waals surface area (Å²) in [6.07, 6.45) is 0. The van der Waals surface area contributed by atoms with E-state index in [4.69, 9.17) is 0 Å². The number of nitrogens with zero attached hydrogens (tertiary/aromatic N) is 2. The van der Waals surface area contributed by atoms with Gasteiger partial charge in [0.15, 0.2) is 5.96 Å². The molecule has 0 aliphatic carbocycles. The van der Waals surface area contributed by atoms with Crippen LogP contribution in [-0.4, -0.2) is 49.4 Å². The fourth-order valence-electron chi connectivity index (χ4n) is 2.99. The summed E-state index contributed by atoms with van der Waals surface area (Å²) in [4.78, 5) is 29.6. The van der Waals surface area contributed by atoms with Crippen molar-refractivity contribution in [2.75, 3.05) is 26.7 Å². The Hall–Kier alpha value is -3.42. The number of amides is 2. The maximum atomic E-state index is 13.7. The second kappa shape index (κ2) is 9.68. The van der Waals surface area contributed by atoms with E-state index in [0.29, 0.717) is 43.3 Å². The van der Waals surface area contributed by atoms with Crippen LogP contribution in [0.15, 0.2) is 53.5 Å². The molecule has 2 amide bonds. The zero-order chi connectivity index (χ0) is 20.6. The number of aliphatic imine (C=N–C) groups is 1. The van der Waals surface area contributed by atoms with Gasteiger partial charge in [-0.1, -0.05) is 30.3 Å². The topological polar surface area (TPSA) is 85.8 Å². The van der Waals surface area contributed by atoms with E-state index in [1.807, 2.05) is 12.1 Å². The maximum Gasteiger partial charge on any atom is 0.254 e. The lowest BCUT2D eigenvalue weighted by Crippen LogP contribution is -2.49. The Bertz CT molecular complexity index is 898. The van der Waals surface area contributed by atoms with Gasteiger partial charge in [-0.3, -0.25) is 14.6 Å². The van der Waals surface area contributed by atoms with E-state index in [9.17, 15) is 14.0 Å². The number of halogens is 1. The number of piperazine rings is 1. The van der Waals surface area contributed by atoms with Crippen LogP contribution in [0.4, 0.5) is 4.39 Å². The van der Waals surface area contributed by atoms with E-state index < -0.39 is 0 Å². The minimum absolute atomic E-state index is 0.0894. The Balaban J connectivity index is 1.51. The van der Waals surface area contributed by atoms with Gasteiger partial charge in [-0.05, 0) is 23.8 Å². The molecule has 152 valence electrons. The average molecular weight is 397 g/mol. The quantitative estimate of drug-likeness (QED) is 0.524. The zero-order valence-electron chi connectivity index (χ0n) is 16.2. The number of hydrogen-bond donors (Lipinski definition) is 3. The van der Waals surface area contributed by atoms with Gasteiger partial charge < -0.3 is 20.9 Å². The maximum absolute atomic E-state index is 13.7. The predicted molar refractivity (Wildman–Crippen MR) is 109 cm³/mol. The molecule has 3 rings (SSSR count). The van der Waals surface area contributed by atoms with E-state index >= 15 is 0 Å². The molecule has 29 heavy (non-hydrogen) atoms. The highest BCUT2D eigenvalue weighted by molar-refractivity contribution is 5.97. The molecule has 1 aliphatic rings. The molecule has 2 aromatic carbocycles. The van der Waals surface area contributed by atoms with E-state index in [-0.39, 0.29) is 24.2 Å². The van der Waals surface area contributed by atoms with Crippen LogP contribution in [0.1, 0.15) is 21.5 Å². The number of hydrogen-bond acceptors (Lipinski definition) is 3. The highest BCUT2D eigenvalue weighted by atomic mass is 19.1. The smallest absolute Gasteiger partial charge is 0.254 e. The summed E-state index contributed by atoms with van der Waals surface area (Å²) in [6, 6.07) is 13.8. The average Bonchev–Trinajstić information content (AvgIpc) is 2.75. The molecule has 0 bridgehead atoms. The molecule has 0 unspecified atom stereocenters. The fourth-order valence-corrected chi connectivity index (χ4v) is 2.99. The van der Waals surface area contributed by atoms with Gasteiger partial charge in [-0.25, -0.2) is 4.39 Å². The highest BCUT2D eigenvalue weighted by Gasteiger charge is 2.22. The summed E-state index contributed by atoms with van der Waals surface area (Å²) < 4.78 is 13.7. The number of guanidine groups is 1. The first-order valence-electron chi connectivity index (χ1n) is 9.39. The van der Waals surface area contributed by atoms with Crippen LogP contribution in [0.2, 0.25) is 0 Å². The van der Waals surface area contributed by atoms with Crippen molar-refractivity contribution in [1.29, 1.82) is 0 Å². The van der Waals surface area contributed by atoms with E-state index in [1.165, 1.54) is 6.07 Å². The zero-order valence-corrected chi connectivity index (χ0v) is 16.2. The van der Waals surface area contributed by atoms with Gasteiger partial charge in [0, 0.05) is 44.4 Å². The summed E-state index contributed by atoms with van der Waals surface area (Å²) in [6.45, 7) is 1.90. The van der Waals surface area contributed by atoms with Crippen molar-refractivity contribution in [3.05, 3.63) is 71.0 Å². The molecule has 1 fully saturated rings. The van der Waals surface area contributed by atoms with Crippen molar-refractivity contribution in [2.24, 2.45) is 4.99 Å². The van der Waals surface area contributed by atoms with E-state index in [1.54, 1.807) is 42.3 Å². The fraction of sp³-hybridized carbons (Fsp3) is 0.286. The highest BCUT2D eigenvalue weighted by Crippen LogP contribution is 2.09. The van der Waals surface area contributed by atoms with Gasteiger partial charge in [-0.15, -0.1) is 0 Å². The molecule has 0 saturated carbocycles. The van der Waals surface area contributed by atoms with Crippen LogP contribution in [0.25, 0.3) is 0 Å². The molecule has 0 atom stereocenters. The van der Waals surface area contributed by atoms with Crippen LogP contribution < -0.4 is 16.0 Å². The minimum Gasteiger partial charge on any atom is -0.353 e. The first kappa shape index (κ1) is 20.3. The van der Waals surface area contributed by atoms with Crippen LogP contribution in [0.3, 0.4) is 0 Å². The normalized spacial score (nSPS) is 14.3. The summed E-state index contributed by atoms with van der Waals surface area (Å²) >= 11 is 0. The second-order valence-corrected chi connectivity index (χ2v) is 6.64. The number of rotatable bonds is 5. The van der Waals surface area contributed by atoms with Gasteiger partial charge in [0.25, 0.3) is 5.91 Å². The Morgan fingerprint density at radius 2 is 1.86 bits per heavy atom. The lowest BCUT2D eigenvalue weighted by molar-refractivity contribution is -0.123. The number of benzene rings is 2. The lowest BCUT2D eigenvalue weighted by Gasteiger charge is -2.26. The Morgan fingerprint density at radius 1 is 1.14 bits per heavy atom. The monoisotopic (exact) mass is 397 g/mol. The molecule has 1 heterocycles. The summed E-state index contributed by atoms with van der Waals surface area (Å²) in [5.41, 5.74) is 2.07. The first-order valence-corrected chi connectivity index (χ1v) is 9.39. The molecule has 8 heteroatoms. The SMILES string of the molecule is CN=C(NCc1ccc(C(=O)N2CCNC(=O)C2)cc1)NCc1ccccc1F.